The number of carbonyl (C=O) groups is 1. The molecule has 1 aromatic carbocycles. The molecule has 4 heteroatoms. The van der Waals surface area contributed by atoms with Crippen LogP contribution in [0, 0.1) is 12.8 Å². The van der Waals surface area contributed by atoms with Gasteiger partial charge in [-0.25, -0.2) is 0 Å². The highest BCUT2D eigenvalue weighted by molar-refractivity contribution is 5.91. The molecule has 0 atom stereocenters. The molecule has 1 heterocycles. The Morgan fingerprint density at radius 3 is 2.64 bits per heavy atom. The SMILES string of the molecule is Cc1cccc(CN(Cc2ccc(C(=O)NCC(C)C)o2)C2CCCCC2)c1. The van der Waals surface area contributed by atoms with Gasteiger partial charge in [0.05, 0.1) is 6.54 Å². The van der Waals surface area contributed by atoms with Crippen LogP contribution in [-0.2, 0) is 13.1 Å². The Morgan fingerprint density at radius 2 is 1.93 bits per heavy atom. The third-order valence-corrected chi connectivity index (χ3v) is 5.47. The Hall–Kier alpha value is -2.07. The van der Waals surface area contributed by atoms with E-state index in [1.165, 1.54) is 43.2 Å². The number of nitrogens with one attached hydrogen (secondary N) is 1. The van der Waals surface area contributed by atoms with Gasteiger partial charge in [0.25, 0.3) is 5.91 Å². The Kier molecular flexibility index (Phi) is 7.32. The molecule has 0 aliphatic heterocycles. The molecular formula is C24H34N2O2. The smallest absolute Gasteiger partial charge is 0.287 e. The largest absolute Gasteiger partial charge is 0.455 e. The van der Waals surface area contributed by atoms with Crippen molar-refractivity contribution in [2.75, 3.05) is 6.54 Å². The van der Waals surface area contributed by atoms with Gasteiger partial charge in [-0.2, -0.15) is 0 Å². The topological polar surface area (TPSA) is 45.5 Å². The first kappa shape index (κ1) is 20.7. The van der Waals surface area contributed by atoms with Crippen molar-refractivity contribution in [3.8, 4) is 0 Å². The number of nitrogens with zero attached hydrogens (tertiary/aromatic N) is 1. The number of rotatable bonds is 8. The molecule has 4 nitrogen and oxygen atoms in total. The van der Waals surface area contributed by atoms with Crippen molar-refractivity contribution in [1.29, 1.82) is 0 Å². The molecule has 1 saturated carbocycles. The van der Waals surface area contributed by atoms with Gasteiger partial charge in [-0.15, -0.1) is 0 Å². The van der Waals surface area contributed by atoms with Crippen LogP contribution in [0.2, 0.25) is 0 Å². The minimum Gasteiger partial charge on any atom is -0.455 e. The second kappa shape index (κ2) is 9.92. The van der Waals surface area contributed by atoms with Crippen LogP contribution in [0.5, 0.6) is 0 Å². The van der Waals surface area contributed by atoms with E-state index in [0.717, 1.165) is 18.8 Å². The molecule has 0 radical (unpaired) electrons. The van der Waals surface area contributed by atoms with Crippen LogP contribution in [-0.4, -0.2) is 23.4 Å². The number of hydrogen-bond acceptors (Lipinski definition) is 3. The third-order valence-electron chi connectivity index (χ3n) is 5.47. The van der Waals surface area contributed by atoms with Crippen molar-refractivity contribution in [2.24, 2.45) is 5.92 Å². The fourth-order valence-electron chi connectivity index (χ4n) is 3.97. The Labute approximate surface area is 169 Å². The summed E-state index contributed by atoms with van der Waals surface area (Å²) in [4.78, 5) is 14.8. The fraction of sp³-hybridized carbons (Fsp3) is 0.542. The number of carbonyl (C=O) groups excluding carboxylic acids is 1. The first-order valence-electron chi connectivity index (χ1n) is 10.7. The molecule has 1 amide bonds. The lowest BCUT2D eigenvalue weighted by molar-refractivity contribution is 0.0911. The molecule has 1 N–H and O–H groups in total. The monoisotopic (exact) mass is 382 g/mol. The van der Waals surface area contributed by atoms with Gasteiger partial charge in [-0.05, 0) is 43.4 Å². The molecule has 2 aromatic rings. The molecule has 0 spiro atoms. The number of hydrogen-bond donors (Lipinski definition) is 1. The van der Waals surface area contributed by atoms with Crippen molar-refractivity contribution in [3.05, 3.63) is 59.0 Å². The zero-order valence-electron chi connectivity index (χ0n) is 17.5. The first-order valence-corrected chi connectivity index (χ1v) is 10.7. The summed E-state index contributed by atoms with van der Waals surface area (Å²) < 4.78 is 5.91. The Balaban J connectivity index is 1.69. The highest BCUT2D eigenvalue weighted by Crippen LogP contribution is 2.26. The van der Waals surface area contributed by atoms with Gasteiger partial charge in [-0.1, -0.05) is 62.9 Å². The lowest BCUT2D eigenvalue weighted by atomic mass is 9.93. The zero-order valence-corrected chi connectivity index (χ0v) is 17.5. The number of aryl methyl sites for hydroxylation is 1. The van der Waals surface area contributed by atoms with E-state index in [-0.39, 0.29) is 5.91 Å². The molecule has 1 aliphatic carbocycles. The fourth-order valence-corrected chi connectivity index (χ4v) is 3.97. The predicted octanol–water partition coefficient (Wildman–Crippen LogP) is 5.31. The summed E-state index contributed by atoms with van der Waals surface area (Å²) in [6.45, 7) is 8.64. The molecule has 152 valence electrons. The number of amides is 1. The molecular weight excluding hydrogens is 348 g/mol. The summed E-state index contributed by atoms with van der Waals surface area (Å²) in [6.07, 6.45) is 6.43. The van der Waals surface area contributed by atoms with Crippen molar-refractivity contribution < 1.29 is 9.21 Å². The van der Waals surface area contributed by atoms with Crippen LogP contribution < -0.4 is 5.32 Å². The maximum Gasteiger partial charge on any atom is 0.287 e. The second-order valence-electron chi connectivity index (χ2n) is 8.56. The normalized spacial score (nSPS) is 15.3. The van der Waals surface area contributed by atoms with Gasteiger partial charge in [0.1, 0.15) is 5.76 Å². The van der Waals surface area contributed by atoms with E-state index < -0.39 is 0 Å². The zero-order chi connectivity index (χ0) is 19.9. The quantitative estimate of drug-likeness (QED) is 0.673. The van der Waals surface area contributed by atoms with E-state index in [9.17, 15) is 4.79 Å². The summed E-state index contributed by atoms with van der Waals surface area (Å²) in [6, 6.07) is 13.1. The van der Waals surface area contributed by atoms with Gasteiger partial charge >= 0.3 is 0 Å². The lowest BCUT2D eigenvalue weighted by Gasteiger charge is -2.34. The van der Waals surface area contributed by atoms with Crippen LogP contribution in [0.25, 0.3) is 0 Å². The van der Waals surface area contributed by atoms with Crippen molar-refractivity contribution in [3.63, 3.8) is 0 Å². The Bertz CT molecular complexity index is 759. The summed E-state index contributed by atoms with van der Waals surface area (Å²) in [5.74, 6) is 1.58. The van der Waals surface area contributed by atoms with Crippen molar-refractivity contribution in [2.45, 2.75) is 72.0 Å². The van der Waals surface area contributed by atoms with E-state index >= 15 is 0 Å². The average Bonchev–Trinajstić information content (AvgIpc) is 3.15. The molecule has 0 bridgehead atoms. The van der Waals surface area contributed by atoms with Crippen LogP contribution in [0.3, 0.4) is 0 Å². The van der Waals surface area contributed by atoms with Gasteiger partial charge in [0.2, 0.25) is 0 Å². The molecule has 0 saturated heterocycles. The average molecular weight is 383 g/mol. The summed E-state index contributed by atoms with van der Waals surface area (Å²) in [5.41, 5.74) is 2.63. The van der Waals surface area contributed by atoms with Gasteiger partial charge < -0.3 is 9.73 Å². The van der Waals surface area contributed by atoms with Gasteiger partial charge in [0.15, 0.2) is 5.76 Å². The molecule has 1 aromatic heterocycles. The van der Waals surface area contributed by atoms with Crippen LogP contribution in [0.15, 0.2) is 40.8 Å². The van der Waals surface area contributed by atoms with E-state index in [1.807, 2.05) is 6.07 Å². The van der Waals surface area contributed by atoms with Crippen LogP contribution >= 0.6 is 0 Å². The predicted molar refractivity (Wildman–Crippen MR) is 113 cm³/mol. The molecule has 0 unspecified atom stereocenters. The summed E-state index contributed by atoms with van der Waals surface area (Å²) >= 11 is 0. The Morgan fingerprint density at radius 1 is 1.14 bits per heavy atom. The third kappa shape index (κ3) is 5.96. The molecule has 28 heavy (non-hydrogen) atoms. The van der Waals surface area contributed by atoms with Crippen molar-refractivity contribution >= 4 is 5.91 Å². The van der Waals surface area contributed by atoms with E-state index in [2.05, 4.69) is 55.3 Å². The standard InChI is InChI=1S/C24H34N2O2/c1-18(2)15-25-24(27)23-13-12-22(28-23)17-26(21-10-5-4-6-11-21)16-20-9-7-8-19(3)14-20/h7-9,12-14,18,21H,4-6,10-11,15-17H2,1-3H3,(H,25,27). The van der Waals surface area contributed by atoms with Crippen LogP contribution in [0.4, 0.5) is 0 Å². The van der Waals surface area contributed by atoms with Gasteiger partial charge in [0, 0.05) is 19.1 Å². The van der Waals surface area contributed by atoms with E-state index in [0.29, 0.717) is 24.3 Å². The number of furan rings is 1. The first-order chi connectivity index (χ1) is 13.5. The minimum atomic E-state index is -0.122. The second-order valence-corrected chi connectivity index (χ2v) is 8.56. The van der Waals surface area contributed by atoms with Crippen LogP contribution in [0.1, 0.15) is 73.4 Å². The maximum absolute atomic E-state index is 12.3. The van der Waals surface area contributed by atoms with Crippen molar-refractivity contribution in [1.82, 2.24) is 10.2 Å². The maximum atomic E-state index is 12.3. The molecule has 3 rings (SSSR count). The minimum absolute atomic E-state index is 0.122. The summed E-state index contributed by atoms with van der Waals surface area (Å²) in [5, 5.41) is 2.93. The molecule has 1 aliphatic rings. The number of benzene rings is 1. The van der Waals surface area contributed by atoms with E-state index in [1.54, 1.807) is 6.07 Å². The highest BCUT2D eigenvalue weighted by atomic mass is 16.4. The molecule has 1 fully saturated rings. The summed E-state index contributed by atoms with van der Waals surface area (Å²) in [7, 11) is 0. The lowest BCUT2D eigenvalue weighted by Crippen LogP contribution is -2.35. The van der Waals surface area contributed by atoms with Gasteiger partial charge in [-0.3, -0.25) is 9.69 Å². The van der Waals surface area contributed by atoms with E-state index in [4.69, 9.17) is 4.42 Å². The highest BCUT2D eigenvalue weighted by Gasteiger charge is 2.23.